The quantitative estimate of drug-likeness (QED) is 0.0757. The summed E-state index contributed by atoms with van der Waals surface area (Å²) in [6.45, 7) is 101. The number of benzene rings is 9. The minimum Gasteiger partial charge on any atom is -0.0625 e. The molecule has 9 aromatic carbocycles. The first-order valence-corrected chi connectivity index (χ1v) is 47.4. The lowest BCUT2D eigenvalue weighted by Crippen LogP contribution is -2.17. The number of aryl methyl sites for hydroxylation is 9. The SMILES string of the molecule is CC(C)Cc1cccc(CC(C)C)c1C(C)C.CC(C)c1cc(C(C)(C)C)cc(C(C)(C)C)c1.CC(C)c1cc(C(C)C)cc(C(C)C)c1.CC(C)c1cccc(C(C)C)c1C(C)C.CCc1cccc(CC)c1C(C)C.Cc1cc(C)cc(C(C)C)c1.Cc1cc(C)cc(C(C)C)c1.Cc1ccc(C(C)C)cc1.Cc1ccc(C)c(C(C)C)c1. The topological polar surface area (TPSA) is 0 Å². The van der Waals surface area contributed by atoms with Crippen molar-refractivity contribution in [2.75, 3.05) is 0 Å². The molecule has 0 aliphatic carbocycles. The van der Waals surface area contributed by atoms with Crippen LogP contribution >= 0.6 is 0 Å². The van der Waals surface area contributed by atoms with Crippen LogP contribution in [-0.2, 0) is 36.5 Å². The van der Waals surface area contributed by atoms with E-state index < -0.39 is 0 Å². The van der Waals surface area contributed by atoms with E-state index in [0.29, 0.717) is 76.9 Å². The Kier molecular flexibility index (Phi) is 49.8. The lowest BCUT2D eigenvalue weighted by molar-refractivity contribution is 0.565. The molecule has 0 saturated carbocycles. The van der Waals surface area contributed by atoms with E-state index in [-0.39, 0.29) is 10.8 Å². The molecule has 0 heterocycles. The highest BCUT2D eigenvalue weighted by Crippen LogP contribution is 2.36. The van der Waals surface area contributed by atoms with Crippen molar-refractivity contribution in [3.8, 4) is 0 Å². The van der Waals surface area contributed by atoms with E-state index in [1.165, 1.54) is 130 Å². The zero-order chi connectivity index (χ0) is 92.3. The second-order valence-corrected chi connectivity index (χ2v) is 42.1. The summed E-state index contributed by atoms with van der Waals surface area (Å²) in [5.74, 6) is 9.72. The Hall–Kier alpha value is -7.02. The van der Waals surface area contributed by atoms with Crippen LogP contribution in [0.15, 0.2) is 170 Å². The molecular formula is C120H186. The van der Waals surface area contributed by atoms with E-state index in [9.17, 15) is 0 Å². The Morgan fingerprint density at radius 2 is 0.475 bits per heavy atom. The van der Waals surface area contributed by atoms with E-state index in [1.807, 2.05) is 0 Å². The van der Waals surface area contributed by atoms with E-state index in [0.717, 1.165) is 24.7 Å². The third-order valence-corrected chi connectivity index (χ3v) is 22.7. The monoisotopic (exact) mass is 1630 g/mol. The smallest absolute Gasteiger partial charge is 0.0132 e. The van der Waals surface area contributed by atoms with Crippen molar-refractivity contribution >= 4 is 0 Å². The van der Waals surface area contributed by atoms with Crippen LogP contribution in [0.4, 0.5) is 0 Å². The highest BCUT2D eigenvalue weighted by atomic mass is 14.3. The summed E-state index contributed by atoms with van der Waals surface area (Å²) in [5.41, 5.74) is 38.6. The van der Waals surface area contributed by atoms with Crippen LogP contribution < -0.4 is 0 Å². The highest BCUT2D eigenvalue weighted by Gasteiger charge is 2.22. The van der Waals surface area contributed by atoms with Crippen molar-refractivity contribution < 1.29 is 0 Å². The van der Waals surface area contributed by atoms with Gasteiger partial charge in [0, 0.05) is 0 Å². The van der Waals surface area contributed by atoms with E-state index in [1.54, 1.807) is 27.8 Å². The Morgan fingerprint density at radius 1 is 0.208 bits per heavy atom. The number of rotatable bonds is 19. The fourth-order valence-corrected chi connectivity index (χ4v) is 15.5. The first-order chi connectivity index (χ1) is 55.5. The van der Waals surface area contributed by atoms with Gasteiger partial charge in [-0.3, -0.25) is 0 Å². The van der Waals surface area contributed by atoms with Crippen LogP contribution in [0.5, 0.6) is 0 Å². The lowest BCUT2D eigenvalue weighted by atomic mass is 9.78. The van der Waals surface area contributed by atoms with Crippen LogP contribution in [0.1, 0.15) is 485 Å². The van der Waals surface area contributed by atoms with Crippen LogP contribution in [0, 0.1) is 60.3 Å². The van der Waals surface area contributed by atoms with Crippen LogP contribution in [0.2, 0.25) is 0 Å². The van der Waals surface area contributed by atoms with E-state index in [4.69, 9.17) is 0 Å². The maximum atomic E-state index is 2.38. The molecule has 9 aromatic rings. The third-order valence-electron chi connectivity index (χ3n) is 22.7. The van der Waals surface area contributed by atoms with Crippen LogP contribution in [0.25, 0.3) is 0 Å². The van der Waals surface area contributed by atoms with Gasteiger partial charge in [-0.25, -0.2) is 0 Å². The first-order valence-electron chi connectivity index (χ1n) is 47.4. The molecule has 9 rings (SSSR count). The van der Waals surface area contributed by atoms with Gasteiger partial charge in [0.25, 0.3) is 0 Å². The molecule has 0 N–H and O–H groups in total. The molecule has 0 atom stereocenters. The van der Waals surface area contributed by atoms with Crippen molar-refractivity contribution in [3.05, 3.63) is 315 Å². The van der Waals surface area contributed by atoms with Crippen molar-refractivity contribution in [1.29, 1.82) is 0 Å². The van der Waals surface area contributed by atoms with Gasteiger partial charge < -0.3 is 0 Å². The second kappa shape index (κ2) is 53.9. The molecule has 0 saturated heterocycles. The summed E-state index contributed by atoms with van der Waals surface area (Å²) in [7, 11) is 0. The van der Waals surface area contributed by atoms with Crippen molar-refractivity contribution in [3.63, 3.8) is 0 Å². The normalized spacial score (nSPS) is 11.5. The van der Waals surface area contributed by atoms with Gasteiger partial charge in [0.1, 0.15) is 0 Å². The Morgan fingerprint density at radius 3 is 0.733 bits per heavy atom. The average Bonchev–Trinajstić information content (AvgIpc) is 0.827. The molecule has 666 valence electrons. The molecule has 0 aliphatic rings. The van der Waals surface area contributed by atoms with Gasteiger partial charge in [-0.05, 0) is 285 Å². The Balaban J connectivity index is 0.000000679. The molecule has 0 bridgehead atoms. The van der Waals surface area contributed by atoms with E-state index >= 15 is 0 Å². The summed E-state index contributed by atoms with van der Waals surface area (Å²) in [6, 6.07) is 63.4. The standard InChI is InChI=1S/2C17H28.2C15H24.C13H20.3C11H16.C10H14/c1-12(2)13-9-14(16(3,4)5)11-15(10-13)17(6,7)8;1-12(2)10-15-8-7-9-16(11-13(3)4)17(15)14(5)6;1-10(2)13-7-14(11(3)4)9-15(8-13)12(5)6;1-10(2)13-8-7-9-14(11(3)4)15(13)12(5)6;1-5-11-8-7-9-12(6-2)13(11)10(3)4;2*1-8(2)11-6-9(3)5-10(4)7-11;1-8(2)11-7-9(3)5-6-10(11)4;1-8(2)10-6-4-9(3)5-7-10/h9-12H,1-8H3;7-9,12-14H,10-11H2,1-6H3;2*7-12H,1-6H3;7-10H,5-6H2,1-4H3;3*5-8H,1-4H3;4-8H,1-3H3. The van der Waals surface area contributed by atoms with Crippen LogP contribution in [0.3, 0.4) is 0 Å². The van der Waals surface area contributed by atoms with Gasteiger partial charge in [0.05, 0.1) is 0 Å². The summed E-state index contributed by atoms with van der Waals surface area (Å²) in [6.07, 6.45) is 4.72. The maximum absolute atomic E-state index is 2.38. The predicted molar refractivity (Wildman–Crippen MR) is 548 cm³/mol. The van der Waals surface area contributed by atoms with Crippen molar-refractivity contribution in [2.45, 2.75) is 425 Å². The van der Waals surface area contributed by atoms with Crippen molar-refractivity contribution in [1.82, 2.24) is 0 Å². The summed E-state index contributed by atoms with van der Waals surface area (Å²) in [4.78, 5) is 0. The van der Waals surface area contributed by atoms with Gasteiger partial charge in [0.15, 0.2) is 0 Å². The maximum Gasteiger partial charge on any atom is -0.0132 e. The molecule has 0 unspecified atom stereocenters. The number of hydrogen-bond donors (Lipinski definition) is 0. The van der Waals surface area contributed by atoms with Gasteiger partial charge in [-0.2, -0.15) is 0 Å². The second-order valence-electron chi connectivity index (χ2n) is 42.1. The van der Waals surface area contributed by atoms with Gasteiger partial charge in [-0.15, -0.1) is 0 Å². The minimum atomic E-state index is 0.227. The molecule has 0 fully saturated rings. The molecule has 0 heteroatoms. The summed E-state index contributed by atoms with van der Waals surface area (Å²) < 4.78 is 0. The average molecular weight is 1630 g/mol. The molecule has 0 aromatic heterocycles. The molecule has 0 spiro atoms. The lowest BCUT2D eigenvalue weighted by Gasteiger charge is -2.27. The zero-order valence-corrected chi connectivity index (χ0v) is 86.7. The molecule has 0 radical (unpaired) electrons. The molecule has 0 nitrogen and oxygen atoms in total. The third kappa shape index (κ3) is 40.5. The molecular weight excluding hydrogens is 1440 g/mol. The van der Waals surface area contributed by atoms with Crippen LogP contribution in [-0.4, -0.2) is 0 Å². The molecule has 0 amide bonds. The summed E-state index contributed by atoms with van der Waals surface area (Å²) in [5, 5.41) is 0. The predicted octanol–water partition coefficient (Wildman–Crippen LogP) is 38.1. The first kappa shape index (κ1) is 111. The molecule has 0 aliphatic heterocycles. The molecule has 120 heavy (non-hydrogen) atoms. The highest BCUT2D eigenvalue weighted by molar-refractivity contribution is 5.44. The minimum absolute atomic E-state index is 0.227. The fraction of sp³-hybridized carbons (Fsp3) is 0.550. The summed E-state index contributed by atoms with van der Waals surface area (Å²) >= 11 is 0. The zero-order valence-electron chi connectivity index (χ0n) is 86.7. The fourth-order valence-electron chi connectivity index (χ4n) is 15.5. The van der Waals surface area contributed by atoms with Gasteiger partial charge >= 0.3 is 0 Å². The van der Waals surface area contributed by atoms with Crippen molar-refractivity contribution in [2.24, 2.45) is 11.8 Å². The van der Waals surface area contributed by atoms with E-state index in [2.05, 4.69) is 481 Å². The Labute approximate surface area is 746 Å². The van der Waals surface area contributed by atoms with Gasteiger partial charge in [0.2, 0.25) is 0 Å². The Bertz CT molecular complexity index is 4070. The number of hydrogen-bond acceptors (Lipinski definition) is 0. The van der Waals surface area contributed by atoms with Gasteiger partial charge in [-0.1, -0.05) is 466 Å². The largest absolute Gasteiger partial charge is 0.0625 e.